The highest BCUT2D eigenvalue weighted by Crippen LogP contribution is 2.49. The van der Waals surface area contributed by atoms with Gasteiger partial charge in [0.2, 0.25) is 0 Å². The lowest BCUT2D eigenvalue weighted by Gasteiger charge is -2.26. The monoisotopic (exact) mass is 222 g/mol. The molecule has 0 bridgehead atoms. The minimum atomic E-state index is -0.555. The number of benzene rings is 2. The van der Waals surface area contributed by atoms with Crippen molar-refractivity contribution in [3.05, 3.63) is 64.7 Å². The molecule has 0 spiro atoms. The Balaban J connectivity index is 2.08. The van der Waals surface area contributed by atoms with E-state index in [0.29, 0.717) is 0 Å². The normalized spacial score (nSPS) is 23.4. The third kappa shape index (κ3) is 1.04. The summed E-state index contributed by atoms with van der Waals surface area (Å²) in [4.78, 5) is 0. The third-order valence-electron chi connectivity index (χ3n) is 3.55. The van der Waals surface area contributed by atoms with Gasteiger partial charge in [-0.15, -0.1) is 0 Å². The Morgan fingerprint density at radius 3 is 2.53 bits per heavy atom. The first-order valence-electron chi connectivity index (χ1n) is 5.67. The Bertz CT molecular complexity index is 648. The lowest BCUT2D eigenvalue weighted by molar-refractivity contribution is 0.214. The summed E-state index contributed by atoms with van der Waals surface area (Å²) in [6.07, 6.45) is -0.555. The first-order valence-corrected chi connectivity index (χ1v) is 5.67. The van der Waals surface area contributed by atoms with Crippen LogP contribution in [0.3, 0.4) is 0 Å². The maximum atomic E-state index is 10.4. The van der Waals surface area contributed by atoms with E-state index in [4.69, 9.17) is 0 Å². The first-order chi connectivity index (χ1) is 8.36. The molecule has 1 aliphatic heterocycles. The van der Waals surface area contributed by atoms with Gasteiger partial charge in [0.15, 0.2) is 0 Å². The van der Waals surface area contributed by atoms with Gasteiger partial charge < -0.3 is 5.11 Å². The van der Waals surface area contributed by atoms with Crippen molar-refractivity contribution < 1.29 is 5.11 Å². The molecule has 2 unspecified atom stereocenters. The van der Waals surface area contributed by atoms with Crippen LogP contribution in [0, 0.1) is 0 Å². The fourth-order valence-electron chi connectivity index (χ4n) is 2.77. The number of hydrogen-bond acceptors (Lipinski definition) is 3. The highest BCUT2D eigenvalue weighted by Gasteiger charge is 2.35. The van der Waals surface area contributed by atoms with Gasteiger partial charge in [0.05, 0.1) is 5.69 Å². The number of fused-ring (bicyclic) bond motifs is 2. The molecule has 3 heteroatoms. The predicted octanol–water partition coefficient (Wildman–Crippen LogP) is 3.27. The van der Waals surface area contributed by atoms with Gasteiger partial charge in [-0.1, -0.05) is 36.4 Å². The van der Waals surface area contributed by atoms with Crippen molar-refractivity contribution in [2.24, 2.45) is 10.2 Å². The molecule has 82 valence electrons. The Labute approximate surface area is 98.4 Å². The van der Waals surface area contributed by atoms with Crippen molar-refractivity contribution in [2.75, 3.05) is 0 Å². The molecule has 0 radical (unpaired) electrons. The van der Waals surface area contributed by atoms with Crippen LogP contribution in [0.4, 0.5) is 5.69 Å². The third-order valence-corrected chi connectivity index (χ3v) is 3.55. The summed E-state index contributed by atoms with van der Waals surface area (Å²) >= 11 is 0. The smallest absolute Gasteiger partial charge is 0.124 e. The molecule has 0 saturated carbocycles. The molecule has 2 atom stereocenters. The lowest BCUT2D eigenvalue weighted by atomic mass is 9.81. The molecule has 3 nitrogen and oxygen atoms in total. The molecular weight excluding hydrogens is 212 g/mol. The molecule has 0 aromatic heterocycles. The second-order valence-corrected chi connectivity index (χ2v) is 4.43. The fourth-order valence-corrected chi connectivity index (χ4v) is 2.77. The first kappa shape index (κ1) is 9.07. The van der Waals surface area contributed by atoms with Crippen molar-refractivity contribution in [3.63, 3.8) is 0 Å². The van der Waals surface area contributed by atoms with Gasteiger partial charge in [-0.2, -0.15) is 10.2 Å². The number of hydrogen-bond donors (Lipinski definition) is 1. The zero-order valence-electron chi connectivity index (χ0n) is 9.04. The van der Waals surface area contributed by atoms with Gasteiger partial charge in [0, 0.05) is 5.56 Å². The van der Waals surface area contributed by atoms with Crippen LogP contribution in [-0.2, 0) is 0 Å². The Hall–Kier alpha value is -2.00. The van der Waals surface area contributed by atoms with Crippen molar-refractivity contribution in [3.8, 4) is 0 Å². The number of azo groups is 1. The van der Waals surface area contributed by atoms with Crippen LogP contribution in [0.25, 0.3) is 0 Å². The standard InChI is InChI=1S/C14H10N2O/c17-14-9-5-2-1-4-8(9)13-12-10(14)6-3-7-11(12)15-16-13/h1-7,13-14,17H. The summed E-state index contributed by atoms with van der Waals surface area (Å²) < 4.78 is 0. The quantitative estimate of drug-likeness (QED) is 0.730. The molecule has 4 rings (SSSR count). The van der Waals surface area contributed by atoms with E-state index in [9.17, 15) is 5.11 Å². The maximum absolute atomic E-state index is 10.4. The molecule has 2 aromatic carbocycles. The largest absolute Gasteiger partial charge is 0.384 e. The number of nitrogens with zero attached hydrogens (tertiary/aromatic N) is 2. The summed E-state index contributed by atoms with van der Waals surface area (Å²) in [5.41, 5.74) is 4.92. The van der Waals surface area contributed by atoms with E-state index < -0.39 is 6.10 Å². The van der Waals surface area contributed by atoms with Crippen molar-refractivity contribution in [2.45, 2.75) is 12.1 Å². The average Bonchev–Trinajstić information content (AvgIpc) is 2.81. The molecule has 17 heavy (non-hydrogen) atoms. The summed E-state index contributed by atoms with van der Waals surface area (Å²) in [6, 6.07) is 13.7. The Kier molecular flexibility index (Phi) is 1.61. The molecule has 0 fully saturated rings. The van der Waals surface area contributed by atoms with Crippen LogP contribution < -0.4 is 0 Å². The second-order valence-electron chi connectivity index (χ2n) is 4.43. The van der Waals surface area contributed by atoms with Gasteiger partial charge in [-0.25, -0.2) is 0 Å². The van der Waals surface area contributed by atoms with E-state index in [2.05, 4.69) is 10.2 Å². The van der Waals surface area contributed by atoms with E-state index in [-0.39, 0.29) is 6.04 Å². The van der Waals surface area contributed by atoms with E-state index in [1.54, 1.807) is 0 Å². The minimum Gasteiger partial charge on any atom is -0.384 e. The summed E-state index contributed by atoms with van der Waals surface area (Å²) in [5, 5.41) is 18.9. The van der Waals surface area contributed by atoms with E-state index in [0.717, 1.165) is 27.9 Å². The van der Waals surface area contributed by atoms with Crippen LogP contribution in [0.15, 0.2) is 52.7 Å². The lowest BCUT2D eigenvalue weighted by Crippen LogP contribution is -2.15. The molecule has 2 aliphatic rings. The molecule has 1 heterocycles. The van der Waals surface area contributed by atoms with Crippen molar-refractivity contribution in [1.29, 1.82) is 0 Å². The maximum Gasteiger partial charge on any atom is 0.124 e. The molecular formula is C14H10N2O. The van der Waals surface area contributed by atoms with E-state index >= 15 is 0 Å². The summed E-state index contributed by atoms with van der Waals surface area (Å²) in [6.45, 7) is 0. The van der Waals surface area contributed by atoms with Gasteiger partial charge >= 0.3 is 0 Å². The average molecular weight is 222 g/mol. The zero-order chi connectivity index (χ0) is 11.4. The van der Waals surface area contributed by atoms with Crippen LogP contribution in [-0.4, -0.2) is 5.11 Å². The zero-order valence-corrected chi connectivity index (χ0v) is 9.04. The second kappa shape index (κ2) is 3.02. The summed E-state index contributed by atoms with van der Waals surface area (Å²) in [5.74, 6) is 0. The SMILES string of the molecule is OC1c2ccccc2C2N=Nc3cccc1c32. The van der Waals surface area contributed by atoms with Crippen LogP contribution >= 0.6 is 0 Å². The van der Waals surface area contributed by atoms with E-state index in [1.165, 1.54) is 0 Å². The van der Waals surface area contributed by atoms with Crippen molar-refractivity contribution in [1.82, 2.24) is 0 Å². The number of aliphatic hydroxyl groups is 1. The van der Waals surface area contributed by atoms with Gasteiger partial charge in [0.25, 0.3) is 0 Å². The Morgan fingerprint density at radius 1 is 0.882 bits per heavy atom. The molecule has 0 saturated heterocycles. The van der Waals surface area contributed by atoms with E-state index in [1.807, 2.05) is 42.5 Å². The van der Waals surface area contributed by atoms with Gasteiger partial charge in [-0.3, -0.25) is 0 Å². The van der Waals surface area contributed by atoms with Crippen LogP contribution in [0.2, 0.25) is 0 Å². The Morgan fingerprint density at radius 2 is 1.65 bits per heavy atom. The molecule has 2 aromatic rings. The number of aliphatic hydroxyl groups excluding tert-OH is 1. The van der Waals surface area contributed by atoms with Crippen LogP contribution in [0.1, 0.15) is 34.4 Å². The highest BCUT2D eigenvalue weighted by molar-refractivity contribution is 5.62. The fraction of sp³-hybridized carbons (Fsp3) is 0.143. The highest BCUT2D eigenvalue weighted by atomic mass is 16.3. The summed E-state index contributed by atoms with van der Waals surface area (Å²) in [7, 11) is 0. The van der Waals surface area contributed by atoms with Gasteiger partial charge in [-0.05, 0) is 22.8 Å². The number of rotatable bonds is 0. The topological polar surface area (TPSA) is 45.0 Å². The van der Waals surface area contributed by atoms with Gasteiger partial charge in [0.1, 0.15) is 12.1 Å². The molecule has 1 N–H and O–H groups in total. The van der Waals surface area contributed by atoms with Crippen molar-refractivity contribution >= 4 is 5.69 Å². The molecule has 0 amide bonds. The molecule has 1 aliphatic carbocycles. The van der Waals surface area contributed by atoms with Crippen LogP contribution in [0.5, 0.6) is 0 Å². The predicted molar refractivity (Wildman–Crippen MR) is 63.3 cm³/mol. The minimum absolute atomic E-state index is 0.0270.